The van der Waals surface area contributed by atoms with Gasteiger partial charge >= 0.3 is 0 Å². The predicted molar refractivity (Wildman–Crippen MR) is 99.8 cm³/mol. The summed E-state index contributed by atoms with van der Waals surface area (Å²) in [5.41, 5.74) is 2.87. The second kappa shape index (κ2) is 6.66. The van der Waals surface area contributed by atoms with Crippen molar-refractivity contribution in [2.75, 3.05) is 0 Å². The van der Waals surface area contributed by atoms with Gasteiger partial charge in [-0.2, -0.15) is 0 Å². The van der Waals surface area contributed by atoms with E-state index in [2.05, 4.69) is 20.3 Å². The highest BCUT2D eigenvalue weighted by Gasteiger charge is 2.12. The molecule has 2 N–H and O–H groups in total. The van der Waals surface area contributed by atoms with Crippen LogP contribution in [0.2, 0.25) is 5.02 Å². The molecule has 0 fully saturated rings. The standard InChI is InChI=1S/C18H13ClN4OS/c19-13-5-3-4-11-8-15(23-16(11)13)17(24)21-9-12-10-25-18(22-12)14-6-1-2-7-20-14/h1-8,10,23H,9H2,(H,21,24). The van der Waals surface area contributed by atoms with Gasteiger partial charge in [-0.1, -0.05) is 29.8 Å². The number of hydrogen-bond acceptors (Lipinski definition) is 4. The molecule has 1 amide bonds. The van der Waals surface area contributed by atoms with Gasteiger partial charge in [-0.3, -0.25) is 9.78 Å². The monoisotopic (exact) mass is 368 g/mol. The van der Waals surface area contributed by atoms with Gasteiger partial charge in [-0.25, -0.2) is 4.98 Å². The molecule has 25 heavy (non-hydrogen) atoms. The minimum atomic E-state index is -0.195. The number of carbonyl (C=O) groups is 1. The second-order valence-corrected chi connectivity index (χ2v) is 6.69. The summed E-state index contributed by atoms with van der Waals surface area (Å²) in [4.78, 5) is 24.2. The Morgan fingerprint density at radius 3 is 2.96 bits per heavy atom. The van der Waals surface area contributed by atoms with E-state index in [4.69, 9.17) is 11.6 Å². The number of pyridine rings is 1. The number of para-hydroxylation sites is 1. The van der Waals surface area contributed by atoms with Crippen molar-refractivity contribution < 1.29 is 4.79 Å². The van der Waals surface area contributed by atoms with Crippen molar-refractivity contribution in [2.45, 2.75) is 6.54 Å². The van der Waals surface area contributed by atoms with Crippen LogP contribution in [-0.4, -0.2) is 20.9 Å². The molecule has 3 aromatic heterocycles. The quantitative estimate of drug-likeness (QED) is 0.565. The van der Waals surface area contributed by atoms with Crippen LogP contribution in [0.4, 0.5) is 0 Å². The number of aromatic amines is 1. The Hall–Kier alpha value is -2.70. The average molecular weight is 369 g/mol. The number of aromatic nitrogens is 3. The zero-order chi connectivity index (χ0) is 17.2. The molecule has 124 valence electrons. The molecule has 0 bridgehead atoms. The Bertz CT molecular complexity index is 1040. The lowest BCUT2D eigenvalue weighted by atomic mass is 10.2. The molecular formula is C18H13ClN4OS. The highest BCUT2D eigenvalue weighted by molar-refractivity contribution is 7.13. The largest absolute Gasteiger partial charge is 0.349 e. The Morgan fingerprint density at radius 2 is 2.16 bits per heavy atom. The molecule has 4 rings (SSSR count). The number of amides is 1. The SMILES string of the molecule is O=C(NCc1csc(-c2ccccn2)n1)c1cc2cccc(Cl)c2[nH]1. The van der Waals surface area contributed by atoms with Crippen LogP contribution in [-0.2, 0) is 6.54 Å². The summed E-state index contributed by atoms with van der Waals surface area (Å²) in [6.07, 6.45) is 1.74. The molecular weight excluding hydrogens is 356 g/mol. The lowest BCUT2D eigenvalue weighted by Gasteiger charge is -2.01. The van der Waals surface area contributed by atoms with E-state index in [9.17, 15) is 4.79 Å². The molecule has 0 atom stereocenters. The summed E-state index contributed by atoms with van der Waals surface area (Å²) in [6, 6.07) is 13.0. The third-order valence-corrected chi connectivity index (χ3v) is 4.94. The van der Waals surface area contributed by atoms with Gasteiger partial charge in [0.05, 0.1) is 28.5 Å². The first-order valence-electron chi connectivity index (χ1n) is 7.62. The smallest absolute Gasteiger partial charge is 0.268 e. The number of nitrogens with one attached hydrogen (secondary N) is 2. The zero-order valence-corrected chi connectivity index (χ0v) is 14.6. The van der Waals surface area contributed by atoms with Crippen LogP contribution < -0.4 is 5.32 Å². The van der Waals surface area contributed by atoms with Crippen molar-refractivity contribution in [1.82, 2.24) is 20.3 Å². The first-order valence-corrected chi connectivity index (χ1v) is 8.88. The minimum Gasteiger partial charge on any atom is -0.349 e. The first-order chi connectivity index (χ1) is 12.2. The maximum Gasteiger partial charge on any atom is 0.268 e. The average Bonchev–Trinajstić information content (AvgIpc) is 3.28. The van der Waals surface area contributed by atoms with Crippen LogP contribution in [0.3, 0.4) is 0 Å². The number of thiazole rings is 1. The summed E-state index contributed by atoms with van der Waals surface area (Å²) < 4.78 is 0. The number of halogens is 1. The van der Waals surface area contributed by atoms with Crippen LogP contribution in [0, 0.1) is 0 Å². The van der Waals surface area contributed by atoms with E-state index in [1.807, 2.05) is 35.7 Å². The van der Waals surface area contributed by atoms with Crippen molar-refractivity contribution in [2.24, 2.45) is 0 Å². The molecule has 4 aromatic rings. The molecule has 0 spiro atoms. The number of hydrogen-bond donors (Lipinski definition) is 2. The van der Waals surface area contributed by atoms with Gasteiger partial charge in [0.25, 0.3) is 5.91 Å². The topological polar surface area (TPSA) is 70.7 Å². The van der Waals surface area contributed by atoms with Gasteiger partial charge in [0.2, 0.25) is 0 Å². The number of fused-ring (bicyclic) bond motifs is 1. The number of rotatable bonds is 4. The molecule has 5 nitrogen and oxygen atoms in total. The van der Waals surface area contributed by atoms with Crippen molar-refractivity contribution in [1.29, 1.82) is 0 Å². The second-order valence-electron chi connectivity index (χ2n) is 5.43. The fraction of sp³-hybridized carbons (Fsp3) is 0.0556. The maximum absolute atomic E-state index is 12.4. The summed E-state index contributed by atoms with van der Waals surface area (Å²) in [5.74, 6) is -0.195. The third-order valence-electron chi connectivity index (χ3n) is 3.72. The molecule has 0 aliphatic rings. The zero-order valence-electron chi connectivity index (χ0n) is 13.0. The van der Waals surface area contributed by atoms with E-state index in [0.717, 1.165) is 27.3 Å². The van der Waals surface area contributed by atoms with Crippen molar-refractivity contribution >= 4 is 39.7 Å². The van der Waals surface area contributed by atoms with Gasteiger partial charge in [0, 0.05) is 17.0 Å². The van der Waals surface area contributed by atoms with E-state index in [1.165, 1.54) is 11.3 Å². The van der Waals surface area contributed by atoms with Gasteiger partial charge in [-0.15, -0.1) is 11.3 Å². The molecule has 0 saturated heterocycles. The van der Waals surface area contributed by atoms with Crippen molar-refractivity contribution in [3.05, 3.63) is 70.5 Å². The van der Waals surface area contributed by atoms with Crippen molar-refractivity contribution in [3.8, 4) is 10.7 Å². The van der Waals surface area contributed by atoms with Crippen LogP contribution in [0.25, 0.3) is 21.6 Å². The lowest BCUT2D eigenvalue weighted by Crippen LogP contribution is -2.23. The van der Waals surface area contributed by atoms with Crippen molar-refractivity contribution in [3.63, 3.8) is 0 Å². The van der Waals surface area contributed by atoms with E-state index in [0.29, 0.717) is 17.3 Å². The van der Waals surface area contributed by atoms with E-state index in [-0.39, 0.29) is 5.91 Å². The van der Waals surface area contributed by atoms with Crippen LogP contribution in [0.1, 0.15) is 16.2 Å². The molecule has 0 radical (unpaired) electrons. The van der Waals surface area contributed by atoms with E-state index < -0.39 is 0 Å². The van der Waals surface area contributed by atoms with E-state index in [1.54, 1.807) is 18.3 Å². The van der Waals surface area contributed by atoms with E-state index >= 15 is 0 Å². The number of carbonyl (C=O) groups excluding carboxylic acids is 1. The normalized spacial score (nSPS) is 10.9. The minimum absolute atomic E-state index is 0.195. The summed E-state index contributed by atoms with van der Waals surface area (Å²) >= 11 is 7.64. The molecule has 1 aromatic carbocycles. The molecule has 0 aliphatic heterocycles. The number of benzene rings is 1. The Kier molecular flexibility index (Phi) is 4.21. The predicted octanol–water partition coefficient (Wildman–Crippen LogP) is 4.27. The van der Waals surface area contributed by atoms with Gasteiger partial charge in [0.15, 0.2) is 0 Å². The fourth-order valence-electron chi connectivity index (χ4n) is 2.50. The molecule has 0 unspecified atom stereocenters. The number of nitrogens with zero attached hydrogens (tertiary/aromatic N) is 2. The number of H-pyrrole nitrogens is 1. The molecule has 0 saturated carbocycles. The maximum atomic E-state index is 12.4. The Labute approximate surface area is 152 Å². The van der Waals surface area contributed by atoms with Gasteiger partial charge < -0.3 is 10.3 Å². The van der Waals surface area contributed by atoms with Gasteiger partial charge in [0.1, 0.15) is 10.7 Å². The first kappa shape index (κ1) is 15.8. The fourth-order valence-corrected chi connectivity index (χ4v) is 3.53. The van der Waals surface area contributed by atoms with Crippen LogP contribution in [0.15, 0.2) is 54.0 Å². The summed E-state index contributed by atoms with van der Waals surface area (Å²) in [7, 11) is 0. The molecule has 0 aliphatic carbocycles. The Balaban J connectivity index is 1.46. The highest BCUT2D eigenvalue weighted by Crippen LogP contribution is 2.24. The summed E-state index contributed by atoms with van der Waals surface area (Å²) in [6.45, 7) is 0.352. The van der Waals surface area contributed by atoms with Crippen LogP contribution >= 0.6 is 22.9 Å². The third kappa shape index (κ3) is 3.26. The van der Waals surface area contributed by atoms with Gasteiger partial charge in [-0.05, 0) is 24.3 Å². The highest BCUT2D eigenvalue weighted by atomic mass is 35.5. The lowest BCUT2D eigenvalue weighted by molar-refractivity contribution is 0.0946. The summed E-state index contributed by atoms with van der Waals surface area (Å²) in [5, 5.41) is 7.13. The van der Waals surface area contributed by atoms with Crippen LogP contribution in [0.5, 0.6) is 0 Å². The molecule has 7 heteroatoms. The molecule has 3 heterocycles. The Morgan fingerprint density at radius 1 is 1.24 bits per heavy atom.